The third-order valence-electron chi connectivity index (χ3n) is 5.17. The summed E-state index contributed by atoms with van der Waals surface area (Å²) in [6.07, 6.45) is 3.30. The smallest absolute Gasteiger partial charge is 0.355 e. The summed E-state index contributed by atoms with van der Waals surface area (Å²) in [6, 6.07) is -0.151. The first-order valence-electron chi connectivity index (χ1n) is 8.08. The van der Waals surface area contributed by atoms with Crippen LogP contribution in [-0.2, 0) is 19.1 Å². The Balaban J connectivity index is 1.99. The molecule has 2 heterocycles. The van der Waals surface area contributed by atoms with Crippen molar-refractivity contribution in [1.82, 2.24) is 4.90 Å². The SMILES string of the molecule is C=CCOC(=O)C1=C2[C@@H](OC)CCC[C@H]2[C@@H]2[C@@H](C(C)O)C(=O)N12. The molecule has 1 aliphatic carbocycles. The number of esters is 1. The maximum Gasteiger partial charge on any atom is 0.355 e. The van der Waals surface area contributed by atoms with E-state index in [1.54, 1.807) is 14.0 Å². The molecule has 3 aliphatic rings. The third-order valence-corrected chi connectivity index (χ3v) is 5.17. The maximum absolute atomic E-state index is 12.5. The van der Waals surface area contributed by atoms with Crippen LogP contribution in [0, 0.1) is 11.8 Å². The monoisotopic (exact) mass is 321 g/mol. The summed E-state index contributed by atoms with van der Waals surface area (Å²) < 4.78 is 10.7. The van der Waals surface area contributed by atoms with Gasteiger partial charge in [-0.1, -0.05) is 12.7 Å². The average Bonchev–Trinajstić information content (AvgIpc) is 2.82. The van der Waals surface area contributed by atoms with Crippen molar-refractivity contribution in [1.29, 1.82) is 0 Å². The average molecular weight is 321 g/mol. The summed E-state index contributed by atoms with van der Waals surface area (Å²) in [4.78, 5) is 26.5. The lowest BCUT2D eigenvalue weighted by molar-refractivity contribution is -0.164. The Morgan fingerprint density at radius 1 is 1.52 bits per heavy atom. The molecule has 1 N–H and O–H groups in total. The number of hydrogen-bond donors (Lipinski definition) is 1. The van der Waals surface area contributed by atoms with Crippen LogP contribution in [0.1, 0.15) is 26.2 Å². The summed E-state index contributed by atoms with van der Waals surface area (Å²) in [7, 11) is 1.62. The number of nitrogens with zero attached hydrogens (tertiary/aromatic N) is 1. The van der Waals surface area contributed by atoms with Crippen LogP contribution >= 0.6 is 0 Å². The van der Waals surface area contributed by atoms with E-state index in [9.17, 15) is 14.7 Å². The van der Waals surface area contributed by atoms with Crippen LogP contribution < -0.4 is 0 Å². The van der Waals surface area contributed by atoms with Crippen molar-refractivity contribution >= 4 is 11.9 Å². The summed E-state index contributed by atoms with van der Waals surface area (Å²) >= 11 is 0. The highest BCUT2D eigenvalue weighted by Crippen LogP contribution is 2.52. The van der Waals surface area contributed by atoms with E-state index in [2.05, 4.69) is 6.58 Å². The molecule has 1 saturated heterocycles. The molecule has 0 aromatic rings. The number of amides is 1. The Kier molecular flexibility index (Phi) is 4.29. The van der Waals surface area contributed by atoms with E-state index in [-0.39, 0.29) is 30.6 Å². The summed E-state index contributed by atoms with van der Waals surface area (Å²) in [6.45, 7) is 5.27. The van der Waals surface area contributed by atoms with Crippen LogP contribution in [0.2, 0.25) is 0 Å². The molecule has 0 aromatic carbocycles. The fraction of sp³-hybridized carbons (Fsp3) is 0.647. The lowest BCUT2D eigenvalue weighted by Crippen LogP contribution is -2.64. The number of β-lactam (4-membered cyclic amide) rings is 1. The fourth-order valence-corrected chi connectivity index (χ4v) is 4.27. The minimum atomic E-state index is -0.725. The van der Waals surface area contributed by atoms with Gasteiger partial charge in [0, 0.05) is 13.0 Å². The highest BCUT2D eigenvalue weighted by molar-refractivity contribution is 6.01. The molecule has 0 aromatic heterocycles. The van der Waals surface area contributed by atoms with Crippen molar-refractivity contribution < 1.29 is 24.2 Å². The number of fused-ring (bicyclic) bond motifs is 3. The lowest BCUT2D eigenvalue weighted by Gasteiger charge is -2.47. The van der Waals surface area contributed by atoms with Gasteiger partial charge in [0.15, 0.2) is 0 Å². The lowest BCUT2D eigenvalue weighted by atomic mass is 9.72. The largest absolute Gasteiger partial charge is 0.457 e. The number of methoxy groups -OCH3 is 1. The van der Waals surface area contributed by atoms with Crippen LogP contribution in [0.3, 0.4) is 0 Å². The number of carbonyl (C=O) groups excluding carboxylic acids is 2. The van der Waals surface area contributed by atoms with Crippen LogP contribution in [0.4, 0.5) is 0 Å². The van der Waals surface area contributed by atoms with Crippen molar-refractivity contribution in [2.45, 2.75) is 44.4 Å². The molecule has 1 saturated carbocycles. The maximum atomic E-state index is 12.5. The van der Waals surface area contributed by atoms with Crippen LogP contribution in [0.5, 0.6) is 0 Å². The number of ether oxygens (including phenoxy) is 2. The topological polar surface area (TPSA) is 76.1 Å². The Morgan fingerprint density at radius 2 is 2.26 bits per heavy atom. The quantitative estimate of drug-likeness (QED) is 0.464. The van der Waals surface area contributed by atoms with Crippen molar-refractivity contribution in [2.75, 3.05) is 13.7 Å². The first-order valence-corrected chi connectivity index (χ1v) is 8.08. The Morgan fingerprint density at radius 3 is 2.87 bits per heavy atom. The standard InChI is InChI=1S/C17H23NO5/c1-4-8-23-17(21)15-13-10(6-5-7-11(13)22-3)14-12(9(2)19)16(20)18(14)15/h4,9-12,14,19H,1,5-8H2,2-3H3/t9?,10-,11+,12-,14-/m1/s1. The van der Waals surface area contributed by atoms with Gasteiger partial charge >= 0.3 is 5.97 Å². The van der Waals surface area contributed by atoms with Crippen LogP contribution in [-0.4, -0.2) is 53.8 Å². The molecule has 5 atom stereocenters. The molecule has 3 rings (SSSR count). The molecule has 126 valence electrons. The number of aliphatic hydroxyl groups excluding tert-OH is 1. The molecular formula is C17H23NO5. The van der Waals surface area contributed by atoms with Gasteiger partial charge < -0.3 is 19.5 Å². The fourth-order valence-electron chi connectivity index (χ4n) is 4.27. The van der Waals surface area contributed by atoms with Gasteiger partial charge in [0.1, 0.15) is 12.3 Å². The molecule has 23 heavy (non-hydrogen) atoms. The van der Waals surface area contributed by atoms with Crippen LogP contribution in [0.15, 0.2) is 23.9 Å². The first kappa shape index (κ1) is 16.2. The van der Waals surface area contributed by atoms with Gasteiger partial charge in [-0.15, -0.1) is 0 Å². The van der Waals surface area contributed by atoms with Gasteiger partial charge in [-0.25, -0.2) is 4.79 Å². The van der Waals surface area contributed by atoms with Crippen LogP contribution in [0.25, 0.3) is 0 Å². The highest BCUT2D eigenvalue weighted by Gasteiger charge is 2.62. The molecule has 0 spiro atoms. The number of carbonyl (C=O) groups is 2. The number of aliphatic hydroxyl groups is 1. The molecule has 2 aliphatic heterocycles. The molecule has 0 bridgehead atoms. The Bertz CT molecular complexity index is 567. The zero-order valence-electron chi connectivity index (χ0n) is 13.5. The van der Waals surface area contributed by atoms with Crippen molar-refractivity contribution in [3.63, 3.8) is 0 Å². The van der Waals surface area contributed by atoms with Gasteiger partial charge in [-0.2, -0.15) is 0 Å². The van der Waals surface area contributed by atoms with Crippen molar-refractivity contribution in [2.24, 2.45) is 11.8 Å². The van der Waals surface area contributed by atoms with Gasteiger partial charge in [-0.05, 0) is 31.8 Å². The predicted molar refractivity (Wildman–Crippen MR) is 82.1 cm³/mol. The number of hydrogen-bond acceptors (Lipinski definition) is 5. The molecule has 2 fully saturated rings. The molecule has 6 heteroatoms. The van der Waals surface area contributed by atoms with E-state index in [0.717, 1.165) is 24.8 Å². The summed E-state index contributed by atoms with van der Waals surface area (Å²) in [5, 5.41) is 9.94. The summed E-state index contributed by atoms with van der Waals surface area (Å²) in [5.74, 6) is -1.09. The highest BCUT2D eigenvalue weighted by atomic mass is 16.5. The van der Waals surface area contributed by atoms with Gasteiger partial charge in [-0.3, -0.25) is 4.79 Å². The summed E-state index contributed by atoms with van der Waals surface area (Å²) in [5.41, 5.74) is 1.20. The van der Waals surface area contributed by atoms with E-state index in [1.807, 2.05) is 0 Å². The second-order valence-electron chi connectivity index (χ2n) is 6.42. The van der Waals surface area contributed by atoms with Gasteiger partial charge in [0.05, 0.1) is 24.2 Å². The normalized spacial score (nSPS) is 33.7. The Labute approximate surface area is 135 Å². The second kappa shape index (κ2) is 6.09. The first-order chi connectivity index (χ1) is 11.0. The van der Waals surface area contributed by atoms with E-state index in [0.29, 0.717) is 5.70 Å². The minimum absolute atomic E-state index is 0.0669. The predicted octanol–water partition coefficient (Wildman–Crippen LogP) is 1.01. The molecule has 1 amide bonds. The van der Waals surface area contributed by atoms with E-state index in [1.165, 1.54) is 11.0 Å². The minimum Gasteiger partial charge on any atom is -0.457 e. The zero-order chi connectivity index (χ0) is 16.7. The molecule has 1 unspecified atom stereocenters. The molecule has 0 radical (unpaired) electrons. The second-order valence-corrected chi connectivity index (χ2v) is 6.42. The molecular weight excluding hydrogens is 298 g/mol. The number of rotatable bonds is 5. The van der Waals surface area contributed by atoms with Gasteiger partial charge in [0.2, 0.25) is 5.91 Å². The molecule has 6 nitrogen and oxygen atoms in total. The van der Waals surface area contributed by atoms with Crippen molar-refractivity contribution in [3.8, 4) is 0 Å². The third kappa shape index (κ3) is 2.32. The zero-order valence-corrected chi connectivity index (χ0v) is 13.5. The van der Waals surface area contributed by atoms with E-state index < -0.39 is 18.0 Å². The van der Waals surface area contributed by atoms with E-state index in [4.69, 9.17) is 9.47 Å². The van der Waals surface area contributed by atoms with E-state index >= 15 is 0 Å². The van der Waals surface area contributed by atoms with Crippen molar-refractivity contribution in [3.05, 3.63) is 23.9 Å². The Hall–Kier alpha value is -1.66. The van der Waals surface area contributed by atoms with Gasteiger partial charge in [0.25, 0.3) is 0 Å².